The molecule has 2 aliphatic rings. The number of ether oxygens (including phenoxy) is 3. The van der Waals surface area contributed by atoms with Crippen molar-refractivity contribution in [2.45, 2.75) is 58.7 Å². The van der Waals surface area contributed by atoms with Gasteiger partial charge in [-0.15, -0.1) is 0 Å². The first kappa shape index (κ1) is 22.6. The largest absolute Gasteiger partial charge is 0.461 e. The predicted molar refractivity (Wildman–Crippen MR) is 105 cm³/mol. The summed E-state index contributed by atoms with van der Waals surface area (Å²) in [7, 11) is 0. The molecule has 2 rings (SSSR count). The van der Waals surface area contributed by atoms with Crippen molar-refractivity contribution in [1.29, 1.82) is 0 Å². The van der Waals surface area contributed by atoms with Crippen LogP contribution in [0.25, 0.3) is 0 Å². The van der Waals surface area contributed by atoms with Gasteiger partial charge in [0.05, 0.1) is 5.92 Å². The molecular weight excluding hydrogens is 376 g/mol. The maximum atomic E-state index is 12.3. The molecular formula is C22H28O7. The van der Waals surface area contributed by atoms with E-state index in [-0.39, 0.29) is 30.9 Å². The number of rotatable bonds is 6. The summed E-state index contributed by atoms with van der Waals surface area (Å²) in [4.78, 5) is 47.3. The summed E-state index contributed by atoms with van der Waals surface area (Å²) in [5.74, 6) is -1.89. The van der Waals surface area contributed by atoms with E-state index < -0.39 is 36.0 Å². The zero-order valence-corrected chi connectivity index (χ0v) is 17.1. The van der Waals surface area contributed by atoms with Crippen molar-refractivity contribution in [3.05, 3.63) is 35.5 Å². The third kappa shape index (κ3) is 6.41. The molecule has 0 aromatic heterocycles. The molecule has 29 heavy (non-hydrogen) atoms. The van der Waals surface area contributed by atoms with Gasteiger partial charge in [0.25, 0.3) is 0 Å². The second kappa shape index (κ2) is 10.2. The van der Waals surface area contributed by atoms with E-state index in [1.807, 2.05) is 13.8 Å². The van der Waals surface area contributed by atoms with Crippen molar-refractivity contribution < 1.29 is 33.4 Å². The van der Waals surface area contributed by atoms with E-state index in [1.165, 1.54) is 6.92 Å². The first-order valence-corrected chi connectivity index (χ1v) is 9.77. The van der Waals surface area contributed by atoms with Gasteiger partial charge in [-0.1, -0.05) is 26.5 Å². The zero-order valence-electron chi connectivity index (χ0n) is 17.1. The maximum Gasteiger partial charge on any atom is 0.334 e. The number of hydrogen-bond acceptors (Lipinski definition) is 7. The summed E-state index contributed by atoms with van der Waals surface area (Å²) < 4.78 is 16.2. The average molecular weight is 404 g/mol. The monoisotopic (exact) mass is 404 g/mol. The van der Waals surface area contributed by atoms with Gasteiger partial charge in [0, 0.05) is 25.3 Å². The molecule has 158 valence electrons. The van der Waals surface area contributed by atoms with Crippen molar-refractivity contribution in [1.82, 2.24) is 0 Å². The highest BCUT2D eigenvalue weighted by atomic mass is 16.6. The number of aldehydes is 1. The highest BCUT2D eigenvalue weighted by Crippen LogP contribution is 2.36. The Kier molecular flexibility index (Phi) is 7.93. The minimum Gasteiger partial charge on any atom is -0.461 e. The number of esters is 3. The average Bonchev–Trinajstić information content (AvgIpc) is 2.90. The lowest BCUT2D eigenvalue weighted by Crippen LogP contribution is -2.34. The molecule has 0 bridgehead atoms. The molecule has 3 atom stereocenters. The fourth-order valence-corrected chi connectivity index (χ4v) is 3.46. The molecule has 3 unspecified atom stereocenters. The molecule has 1 aliphatic heterocycles. The van der Waals surface area contributed by atoms with Crippen LogP contribution < -0.4 is 0 Å². The molecule has 1 saturated heterocycles. The van der Waals surface area contributed by atoms with Crippen LogP contribution in [0.5, 0.6) is 0 Å². The van der Waals surface area contributed by atoms with Gasteiger partial charge in [-0.2, -0.15) is 0 Å². The number of allylic oxidation sites excluding steroid dienone is 1. The molecule has 0 saturated carbocycles. The van der Waals surface area contributed by atoms with Gasteiger partial charge in [-0.25, -0.2) is 4.79 Å². The Morgan fingerprint density at radius 1 is 1.38 bits per heavy atom. The topological polar surface area (TPSA) is 96.0 Å². The summed E-state index contributed by atoms with van der Waals surface area (Å²) in [6.07, 6.45) is 4.27. The standard InChI is InChI=1S/C22H28O7/c1-13(2)8-20(25)28-18-9-16(11-23)6-5-7-17(12-27-15(4)24)10-19-21(18)14(3)22(26)29-19/h6,10-11,13,18-19,21H,3,5,7-9,12H2,1-2,4H3. The van der Waals surface area contributed by atoms with Crippen molar-refractivity contribution in [2.24, 2.45) is 11.8 Å². The normalized spacial score (nSPS) is 24.8. The molecule has 7 heteroatoms. The van der Waals surface area contributed by atoms with Crippen LogP contribution in [0.4, 0.5) is 0 Å². The summed E-state index contributed by atoms with van der Waals surface area (Å²) in [5.41, 5.74) is 1.44. The van der Waals surface area contributed by atoms with Gasteiger partial charge in [-0.3, -0.25) is 14.4 Å². The summed E-state index contributed by atoms with van der Waals surface area (Å²) in [6.45, 7) is 9.01. The van der Waals surface area contributed by atoms with Crippen LogP contribution in [-0.2, 0) is 33.4 Å². The molecule has 0 aromatic rings. The predicted octanol–water partition coefficient (Wildman–Crippen LogP) is 2.84. The highest BCUT2D eigenvalue weighted by molar-refractivity contribution is 5.91. The van der Waals surface area contributed by atoms with Crippen LogP contribution in [0.3, 0.4) is 0 Å². The molecule has 0 spiro atoms. The first-order valence-electron chi connectivity index (χ1n) is 9.77. The summed E-state index contributed by atoms with van der Waals surface area (Å²) in [5, 5.41) is 0. The van der Waals surface area contributed by atoms with E-state index >= 15 is 0 Å². The smallest absolute Gasteiger partial charge is 0.334 e. The molecule has 1 fully saturated rings. The van der Waals surface area contributed by atoms with Gasteiger partial charge >= 0.3 is 17.9 Å². The van der Waals surface area contributed by atoms with Crippen LogP contribution in [0.15, 0.2) is 35.5 Å². The highest BCUT2D eigenvalue weighted by Gasteiger charge is 2.44. The van der Waals surface area contributed by atoms with Crippen molar-refractivity contribution in [2.75, 3.05) is 6.61 Å². The fourth-order valence-electron chi connectivity index (χ4n) is 3.46. The van der Waals surface area contributed by atoms with Crippen LogP contribution in [0.2, 0.25) is 0 Å². The van der Waals surface area contributed by atoms with E-state index in [4.69, 9.17) is 14.2 Å². The fraction of sp³-hybridized carbons (Fsp3) is 0.545. The number of carbonyl (C=O) groups excluding carboxylic acids is 4. The lowest BCUT2D eigenvalue weighted by Gasteiger charge is -2.27. The third-order valence-electron chi connectivity index (χ3n) is 4.84. The lowest BCUT2D eigenvalue weighted by atomic mass is 9.85. The Morgan fingerprint density at radius 2 is 2.10 bits per heavy atom. The Balaban J connectivity index is 2.38. The van der Waals surface area contributed by atoms with Crippen LogP contribution in [0.1, 0.15) is 46.5 Å². The van der Waals surface area contributed by atoms with E-state index in [9.17, 15) is 19.2 Å². The Hall–Kier alpha value is -2.70. The number of hydrogen-bond donors (Lipinski definition) is 0. The SMILES string of the molecule is C=C1C(=O)OC2C=C(COC(C)=O)CCC=C(C=O)CC(OC(=O)CC(C)C)C12. The second-order valence-corrected chi connectivity index (χ2v) is 7.79. The zero-order chi connectivity index (χ0) is 21.6. The van der Waals surface area contributed by atoms with Gasteiger partial charge in [0.2, 0.25) is 0 Å². The van der Waals surface area contributed by atoms with Crippen LogP contribution >= 0.6 is 0 Å². The number of fused-ring (bicyclic) bond motifs is 1. The molecule has 0 radical (unpaired) electrons. The first-order chi connectivity index (χ1) is 13.7. The van der Waals surface area contributed by atoms with E-state index in [1.54, 1.807) is 12.2 Å². The van der Waals surface area contributed by atoms with E-state index in [0.717, 1.165) is 11.9 Å². The van der Waals surface area contributed by atoms with Crippen LogP contribution in [-0.4, -0.2) is 43.0 Å². The van der Waals surface area contributed by atoms with Crippen molar-refractivity contribution in [3.63, 3.8) is 0 Å². The number of carbonyl (C=O) groups is 4. The molecule has 1 aliphatic carbocycles. The lowest BCUT2D eigenvalue weighted by molar-refractivity contribution is -0.153. The molecule has 7 nitrogen and oxygen atoms in total. The van der Waals surface area contributed by atoms with Crippen molar-refractivity contribution in [3.8, 4) is 0 Å². The Labute approximate surface area is 170 Å². The van der Waals surface area contributed by atoms with Gasteiger partial charge in [0.15, 0.2) is 0 Å². The summed E-state index contributed by atoms with van der Waals surface area (Å²) >= 11 is 0. The molecule has 0 N–H and O–H groups in total. The minimum absolute atomic E-state index is 0.0602. The maximum absolute atomic E-state index is 12.3. The van der Waals surface area contributed by atoms with Crippen LogP contribution in [0, 0.1) is 11.8 Å². The van der Waals surface area contributed by atoms with Gasteiger partial charge in [0.1, 0.15) is 25.1 Å². The van der Waals surface area contributed by atoms with Gasteiger partial charge < -0.3 is 14.2 Å². The molecule has 0 aromatic carbocycles. The second-order valence-electron chi connectivity index (χ2n) is 7.79. The van der Waals surface area contributed by atoms with Crippen molar-refractivity contribution >= 4 is 24.2 Å². The molecule has 1 heterocycles. The Bertz CT molecular complexity index is 744. The van der Waals surface area contributed by atoms with Gasteiger partial charge in [-0.05, 0) is 36.0 Å². The third-order valence-corrected chi connectivity index (χ3v) is 4.84. The quantitative estimate of drug-likeness (QED) is 0.221. The van der Waals surface area contributed by atoms with E-state index in [0.29, 0.717) is 18.4 Å². The minimum atomic E-state index is -0.758. The summed E-state index contributed by atoms with van der Waals surface area (Å²) in [6, 6.07) is 0. The Morgan fingerprint density at radius 3 is 2.72 bits per heavy atom. The molecule has 0 amide bonds. The van der Waals surface area contributed by atoms with E-state index in [2.05, 4.69) is 6.58 Å².